The molecule has 3 aliphatic heterocycles. The first-order valence-electron chi connectivity index (χ1n) is 11.2. The molecule has 3 saturated heterocycles. The maximum Gasteiger partial charge on any atom is 0.305 e. The van der Waals surface area contributed by atoms with Gasteiger partial charge in [0.1, 0.15) is 5.60 Å². The number of esters is 2. The van der Waals surface area contributed by atoms with E-state index >= 15 is 0 Å². The van der Waals surface area contributed by atoms with E-state index in [1.54, 1.807) is 0 Å². The number of hydrogen-bond donors (Lipinski definition) is 1. The highest BCUT2D eigenvalue weighted by molar-refractivity contribution is 5.67. The molecule has 8 nitrogen and oxygen atoms in total. The molecule has 0 radical (unpaired) electrons. The molecule has 4 aliphatic rings. The second kappa shape index (κ2) is 9.07. The molecule has 1 aliphatic carbocycles. The van der Waals surface area contributed by atoms with E-state index in [-0.39, 0.29) is 12.8 Å². The molecule has 0 spiro atoms. The number of rotatable bonds is 6. The van der Waals surface area contributed by atoms with Gasteiger partial charge in [-0.25, -0.2) is 0 Å². The second-order valence-corrected chi connectivity index (χ2v) is 9.12. The summed E-state index contributed by atoms with van der Waals surface area (Å²) in [5, 5.41) is 11.7. The Morgan fingerprint density at radius 2 is 1.94 bits per heavy atom. The monoisotopic (exact) mass is 458 g/mol. The summed E-state index contributed by atoms with van der Waals surface area (Å²) in [5.41, 5.74) is -1.20. The van der Waals surface area contributed by atoms with E-state index in [1.165, 1.54) is 13.8 Å². The minimum atomic E-state index is -1.40. The first-order valence-corrected chi connectivity index (χ1v) is 11.2. The molecular weight excluding hydrogens is 428 g/mol. The summed E-state index contributed by atoms with van der Waals surface area (Å²) in [6.07, 6.45) is -0.581. The number of carbonyl (C=O) groups excluding carboxylic acids is 2. The zero-order valence-corrected chi connectivity index (χ0v) is 19.2. The van der Waals surface area contributed by atoms with Crippen LogP contribution >= 0.6 is 0 Å². The van der Waals surface area contributed by atoms with Crippen LogP contribution in [-0.4, -0.2) is 47.6 Å². The molecule has 0 amide bonds. The molecule has 1 saturated carbocycles. The van der Waals surface area contributed by atoms with Crippen LogP contribution in [0.3, 0.4) is 0 Å². The third-order valence-corrected chi connectivity index (χ3v) is 6.80. The highest BCUT2D eigenvalue weighted by atomic mass is 16.8. The summed E-state index contributed by atoms with van der Waals surface area (Å²) in [4.78, 5) is 23.6. The fourth-order valence-electron chi connectivity index (χ4n) is 5.33. The lowest BCUT2D eigenvalue weighted by Gasteiger charge is -2.66. The fourth-order valence-corrected chi connectivity index (χ4v) is 5.33. The predicted octanol–water partition coefficient (Wildman–Crippen LogP) is 2.67. The van der Waals surface area contributed by atoms with Crippen molar-refractivity contribution in [1.29, 1.82) is 0 Å². The van der Waals surface area contributed by atoms with Crippen molar-refractivity contribution in [3.63, 3.8) is 0 Å². The minimum Gasteiger partial charge on any atom is -0.435 e. The summed E-state index contributed by atoms with van der Waals surface area (Å²) in [6.45, 7) is 5.38. The Morgan fingerprint density at radius 1 is 1.18 bits per heavy atom. The Kier molecular flexibility index (Phi) is 6.52. The van der Waals surface area contributed by atoms with E-state index in [1.807, 2.05) is 37.3 Å². The van der Waals surface area contributed by atoms with Crippen LogP contribution in [0.25, 0.3) is 0 Å². The molecule has 0 unspecified atom stereocenters. The highest BCUT2D eigenvalue weighted by Crippen LogP contribution is 2.64. The van der Waals surface area contributed by atoms with Crippen LogP contribution < -0.4 is 0 Å². The number of hydrogen-bond acceptors (Lipinski definition) is 8. The number of fused-ring (bicyclic) bond motifs is 1. The molecule has 1 aromatic rings. The normalized spacial score (nSPS) is 36.4. The van der Waals surface area contributed by atoms with Crippen molar-refractivity contribution in [2.24, 2.45) is 11.3 Å². The van der Waals surface area contributed by atoms with E-state index in [2.05, 4.69) is 11.8 Å². The van der Waals surface area contributed by atoms with Gasteiger partial charge in [0.2, 0.25) is 12.1 Å². The van der Waals surface area contributed by atoms with Crippen molar-refractivity contribution in [3.8, 4) is 11.8 Å². The molecule has 1 N–H and O–H groups in total. The lowest BCUT2D eigenvalue weighted by molar-refractivity contribution is -0.481. The van der Waals surface area contributed by atoms with E-state index in [0.29, 0.717) is 26.1 Å². The average Bonchev–Trinajstić information content (AvgIpc) is 2.73. The van der Waals surface area contributed by atoms with Gasteiger partial charge in [0, 0.05) is 38.5 Å². The second-order valence-electron chi connectivity index (χ2n) is 9.12. The van der Waals surface area contributed by atoms with Gasteiger partial charge in [0.05, 0.1) is 19.1 Å². The Morgan fingerprint density at radius 3 is 2.64 bits per heavy atom. The van der Waals surface area contributed by atoms with Gasteiger partial charge in [-0.2, -0.15) is 0 Å². The van der Waals surface area contributed by atoms with Gasteiger partial charge in [0.15, 0.2) is 6.29 Å². The summed E-state index contributed by atoms with van der Waals surface area (Å²) >= 11 is 0. The first-order chi connectivity index (χ1) is 15.7. The van der Waals surface area contributed by atoms with Gasteiger partial charge < -0.3 is 28.8 Å². The quantitative estimate of drug-likeness (QED) is 0.395. The summed E-state index contributed by atoms with van der Waals surface area (Å²) in [5.74, 6) is 3.00. The number of carbonyl (C=O) groups is 2. The van der Waals surface area contributed by atoms with Crippen LogP contribution in [0, 0.1) is 23.2 Å². The zero-order chi connectivity index (χ0) is 23.7. The number of ether oxygens (including phenoxy) is 5. The molecule has 4 fully saturated rings. The topological polar surface area (TPSA) is 101 Å². The molecule has 4 bridgehead atoms. The minimum absolute atomic E-state index is 0.208. The molecular formula is C25H30O8. The highest BCUT2D eigenvalue weighted by Gasteiger charge is 2.74. The maximum absolute atomic E-state index is 11.9. The maximum atomic E-state index is 11.9. The van der Waals surface area contributed by atoms with Crippen LogP contribution in [0.2, 0.25) is 0 Å². The molecule has 3 heterocycles. The summed E-state index contributed by atoms with van der Waals surface area (Å²) in [7, 11) is 0. The van der Waals surface area contributed by atoms with Crippen LogP contribution in [0.5, 0.6) is 0 Å². The van der Waals surface area contributed by atoms with Crippen LogP contribution in [-0.2, 0) is 39.9 Å². The first kappa shape index (κ1) is 23.7. The van der Waals surface area contributed by atoms with Crippen LogP contribution in [0.15, 0.2) is 30.3 Å². The van der Waals surface area contributed by atoms with E-state index in [4.69, 9.17) is 23.7 Å². The van der Waals surface area contributed by atoms with Crippen molar-refractivity contribution >= 4 is 11.9 Å². The molecule has 178 valence electrons. The number of aliphatic hydroxyl groups is 1. The van der Waals surface area contributed by atoms with Crippen molar-refractivity contribution in [1.82, 2.24) is 0 Å². The van der Waals surface area contributed by atoms with Crippen molar-refractivity contribution in [3.05, 3.63) is 35.9 Å². The van der Waals surface area contributed by atoms with Crippen LogP contribution in [0.4, 0.5) is 0 Å². The van der Waals surface area contributed by atoms with Gasteiger partial charge in [-0.05, 0) is 12.0 Å². The van der Waals surface area contributed by atoms with Gasteiger partial charge in [-0.1, -0.05) is 49.1 Å². The van der Waals surface area contributed by atoms with E-state index < -0.39 is 47.2 Å². The third-order valence-electron chi connectivity index (χ3n) is 6.80. The van der Waals surface area contributed by atoms with Crippen molar-refractivity contribution < 1.29 is 38.4 Å². The average molecular weight is 459 g/mol. The van der Waals surface area contributed by atoms with Gasteiger partial charge in [-0.15, -0.1) is 0 Å². The summed E-state index contributed by atoms with van der Waals surface area (Å²) < 4.78 is 28.5. The lowest BCUT2D eigenvalue weighted by Crippen LogP contribution is -2.75. The molecule has 1 aromatic carbocycles. The lowest BCUT2D eigenvalue weighted by atomic mass is 9.52. The van der Waals surface area contributed by atoms with E-state index in [9.17, 15) is 14.7 Å². The summed E-state index contributed by atoms with van der Waals surface area (Å²) in [6, 6.07) is 9.86. The van der Waals surface area contributed by atoms with Gasteiger partial charge in [0.25, 0.3) is 0 Å². The zero-order valence-electron chi connectivity index (χ0n) is 19.2. The predicted molar refractivity (Wildman–Crippen MR) is 115 cm³/mol. The molecule has 33 heavy (non-hydrogen) atoms. The van der Waals surface area contributed by atoms with E-state index in [0.717, 1.165) is 5.56 Å². The standard InChI is InChI=1S/C25H30O8/c1-17(26)30-22-21-23(3)15-20(31-22)33-25(21,32-18(2)27)13-12-24(23,28)11-7-8-14-29-16-19-9-5-4-6-10-19/h4-6,9-10,20-22,28H,8,12-16H2,1-3H3/t20-,21-,22-,23+,24+,25+/m1/s1. The van der Waals surface area contributed by atoms with Crippen molar-refractivity contribution in [2.45, 2.75) is 77.0 Å². The Labute approximate surface area is 193 Å². The molecule has 0 aromatic heterocycles. The Hall–Kier alpha value is -2.44. The van der Waals surface area contributed by atoms with Crippen LogP contribution in [0.1, 0.15) is 52.0 Å². The Bertz CT molecular complexity index is 952. The molecule has 5 rings (SSSR count). The fraction of sp³-hybridized carbons (Fsp3) is 0.600. The van der Waals surface area contributed by atoms with Gasteiger partial charge >= 0.3 is 11.9 Å². The smallest absolute Gasteiger partial charge is 0.305 e. The number of benzene rings is 1. The Balaban J connectivity index is 1.50. The van der Waals surface area contributed by atoms with Gasteiger partial charge in [-0.3, -0.25) is 9.59 Å². The molecule has 8 heteroatoms. The largest absolute Gasteiger partial charge is 0.435 e. The third kappa shape index (κ3) is 4.51. The van der Waals surface area contributed by atoms with Crippen molar-refractivity contribution in [2.75, 3.05) is 6.61 Å². The SMILES string of the molecule is CC(=O)O[C@@H]1O[C@H]2C[C@@]3(C)[C@@H]1[C@](OC(C)=O)(CC[C@@]3(O)C#CCCOCc1ccccc1)O2. The molecule has 6 atom stereocenters.